The average molecular weight is 223 g/mol. The largest absolute Gasteiger partial charge is 0.472 e. The van der Waals surface area contributed by atoms with Gasteiger partial charge in [0.05, 0.1) is 0 Å². The molecule has 2 nitrogen and oxygen atoms in total. The van der Waals surface area contributed by atoms with Crippen LogP contribution in [0.2, 0.25) is 0 Å². The van der Waals surface area contributed by atoms with Crippen LogP contribution in [0.4, 0.5) is 8.78 Å². The quantitative estimate of drug-likeness (QED) is 0.735. The van der Waals surface area contributed by atoms with Gasteiger partial charge < -0.3 is 4.74 Å². The van der Waals surface area contributed by atoms with Gasteiger partial charge in [0.25, 0.3) is 0 Å². The second-order valence-electron chi connectivity index (χ2n) is 3.24. The zero-order chi connectivity index (χ0) is 12.1. The van der Waals surface area contributed by atoms with Crippen LogP contribution in [0.1, 0.15) is 12.0 Å². The van der Waals surface area contributed by atoms with E-state index in [0.29, 0.717) is 0 Å². The maximum absolute atomic E-state index is 13.3. The van der Waals surface area contributed by atoms with Crippen LogP contribution in [0.5, 0.6) is 5.75 Å². The summed E-state index contributed by atoms with van der Waals surface area (Å²) in [5.41, 5.74) is 0.0595. The molecule has 0 spiro atoms. The van der Waals surface area contributed by atoms with Crippen LogP contribution in [-0.4, -0.2) is 6.10 Å². The summed E-state index contributed by atoms with van der Waals surface area (Å²) in [6, 6.07) is 3.84. The van der Waals surface area contributed by atoms with Gasteiger partial charge in [0.15, 0.2) is 17.7 Å². The van der Waals surface area contributed by atoms with Crippen LogP contribution < -0.4 is 4.74 Å². The lowest BCUT2D eigenvalue weighted by molar-refractivity contribution is 0.244. The fraction of sp³-hybridized carbons (Fsp3) is 0.250. The molecule has 0 amide bonds. The predicted octanol–water partition coefficient (Wildman–Crippen LogP) is 3.12. The highest BCUT2D eigenvalue weighted by molar-refractivity contribution is 5.35. The van der Waals surface area contributed by atoms with Crippen molar-refractivity contribution in [3.05, 3.63) is 42.0 Å². The van der Waals surface area contributed by atoms with Crippen molar-refractivity contribution >= 4 is 0 Å². The molecule has 0 radical (unpaired) electrons. The molecule has 0 aromatic heterocycles. The summed E-state index contributed by atoms with van der Waals surface area (Å²) in [5, 5.41) is 8.73. The van der Waals surface area contributed by atoms with Crippen LogP contribution in [0.3, 0.4) is 0 Å². The van der Waals surface area contributed by atoms with Gasteiger partial charge in [-0.15, -0.1) is 6.58 Å². The van der Waals surface area contributed by atoms with Crippen LogP contribution >= 0.6 is 0 Å². The molecule has 0 fully saturated rings. The summed E-state index contributed by atoms with van der Waals surface area (Å²) in [6.07, 6.45) is 0.888. The van der Waals surface area contributed by atoms with E-state index in [1.807, 2.05) is 6.07 Å². The Kier molecular flexibility index (Phi) is 4.01. The SMILES string of the molecule is C=CCC(C#N)Oc1c(F)ccc(F)c1C. The Bertz CT molecular complexity index is 437. The molecule has 1 aromatic carbocycles. The van der Waals surface area contributed by atoms with E-state index in [1.54, 1.807) is 0 Å². The average Bonchev–Trinajstić information content (AvgIpc) is 2.28. The van der Waals surface area contributed by atoms with Crippen LogP contribution in [0.15, 0.2) is 24.8 Å². The van der Waals surface area contributed by atoms with E-state index in [4.69, 9.17) is 10.00 Å². The molecule has 0 bridgehead atoms. The predicted molar refractivity (Wildman–Crippen MR) is 55.9 cm³/mol. The third kappa shape index (κ3) is 2.57. The second kappa shape index (κ2) is 5.26. The Balaban J connectivity index is 3.00. The van der Waals surface area contributed by atoms with Crippen molar-refractivity contribution in [1.82, 2.24) is 0 Å². The lowest BCUT2D eigenvalue weighted by Gasteiger charge is -2.13. The first-order valence-corrected chi connectivity index (χ1v) is 4.72. The standard InChI is InChI=1S/C12H11F2NO/c1-3-4-9(7-15)16-12-8(2)10(13)5-6-11(12)14/h3,5-6,9H,1,4H2,2H3. The maximum atomic E-state index is 13.3. The first-order valence-electron chi connectivity index (χ1n) is 4.72. The summed E-state index contributed by atoms with van der Waals surface area (Å²) in [6.45, 7) is 4.85. The van der Waals surface area contributed by atoms with Gasteiger partial charge in [0.2, 0.25) is 0 Å². The zero-order valence-corrected chi connectivity index (χ0v) is 8.84. The number of rotatable bonds is 4. The number of ether oxygens (including phenoxy) is 1. The number of benzene rings is 1. The van der Waals surface area contributed by atoms with Crippen molar-refractivity contribution in [3.8, 4) is 11.8 Å². The molecule has 0 aliphatic carbocycles. The third-order valence-corrected chi connectivity index (χ3v) is 2.08. The number of hydrogen-bond donors (Lipinski definition) is 0. The van der Waals surface area contributed by atoms with E-state index < -0.39 is 17.7 Å². The highest BCUT2D eigenvalue weighted by atomic mass is 19.1. The van der Waals surface area contributed by atoms with Crippen molar-refractivity contribution in [1.29, 1.82) is 5.26 Å². The molecule has 0 heterocycles. The van der Waals surface area contributed by atoms with Gasteiger partial charge in [-0.25, -0.2) is 8.78 Å². The summed E-state index contributed by atoms with van der Waals surface area (Å²) >= 11 is 0. The normalized spacial score (nSPS) is 11.6. The molecular weight excluding hydrogens is 212 g/mol. The monoisotopic (exact) mass is 223 g/mol. The molecule has 0 saturated heterocycles. The molecule has 1 rings (SSSR count). The van der Waals surface area contributed by atoms with Crippen LogP contribution in [0.25, 0.3) is 0 Å². The van der Waals surface area contributed by atoms with Crippen molar-refractivity contribution < 1.29 is 13.5 Å². The van der Waals surface area contributed by atoms with Gasteiger partial charge in [0.1, 0.15) is 11.9 Å². The van der Waals surface area contributed by atoms with E-state index in [2.05, 4.69) is 6.58 Å². The molecule has 16 heavy (non-hydrogen) atoms. The minimum absolute atomic E-state index is 0.0595. The molecular formula is C12H11F2NO. The molecule has 4 heteroatoms. The Morgan fingerprint density at radius 1 is 1.50 bits per heavy atom. The van der Waals surface area contributed by atoms with Crippen LogP contribution in [0, 0.1) is 29.9 Å². The minimum Gasteiger partial charge on any atom is -0.472 e. The van der Waals surface area contributed by atoms with Crippen LogP contribution in [-0.2, 0) is 0 Å². The van der Waals surface area contributed by atoms with E-state index in [1.165, 1.54) is 13.0 Å². The van der Waals surface area contributed by atoms with E-state index in [0.717, 1.165) is 12.1 Å². The fourth-order valence-electron chi connectivity index (χ4n) is 1.20. The van der Waals surface area contributed by atoms with Crippen molar-refractivity contribution in [2.24, 2.45) is 0 Å². The topological polar surface area (TPSA) is 33.0 Å². The first-order chi connectivity index (χ1) is 7.60. The third-order valence-electron chi connectivity index (χ3n) is 2.08. The Morgan fingerprint density at radius 2 is 2.12 bits per heavy atom. The number of hydrogen-bond acceptors (Lipinski definition) is 2. The molecule has 0 N–H and O–H groups in total. The lowest BCUT2D eigenvalue weighted by Crippen LogP contribution is -2.14. The van der Waals surface area contributed by atoms with Gasteiger partial charge in [-0.3, -0.25) is 0 Å². The van der Waals surface area contributed by atoms with Gasteiger partial charge in [-0.2, -0.15) is 5.26 Å². The summed E-state index contributed by atoms with van der Waals surface area (Å²) in [7, 11) is 0. The Hall–Kier alpha value is -1.89. The Labute approximate surface area is 92.8 Å². The number of nitrogens with zero attached hydrogens (tertiary/aromatic N) is 1. The maximum Gasteiger partial charge on any atom is 0.188 e. The highest BCUT2D eigenvalue weighted by Gasteiger charge is 2.15. The molecule has 0 aliphatic rings. The van der Waals surface area contributed by atoms with E-state index in [9.17, 15) is 8.78 Å². The second-order valence-corrected chi connectivity index (χ2v) is 3.24. The molecule has 0 aliphatic heterocycles. The smallest absolute Gasteiger partial charge is 0.188 e. The Morgan fingerprint density at radius 3 is 2.69 bits per heavy atom. The van der Waals surface area contributed by atoms with Gasteiger partial charge in [-0.05, 0) is 19.1 Å². The number of nitriles is 1. The molecule has 84 valence electrons. The van der Waals surface area contributed by atoms with Gasteiger partial charge >= 0.3 is 0 Å². The molecule has 1 atom stereocenters. The van der Waals surface area contributed by atoms with Gasteiger partial charge in [0, 0.05) is 12.0 Å². The summed E-state index contributed by atoms with van der Waals surface area (Å²) < 4.78 is 31.6. The number of halogens is 2. The van der Waals surface area contributed by atoms with Gasteiger partial charge in [-0.1, -0.05) is 6.08 Å². The highest BCUT2D eigenvalue weighted by Crippen LogP contribution is 2.25. The van der Waals surface area contributed by atoms with Crippen molar-refractivity contribution in [2.45, 2.75) is 19.4 Å². The molecule has 1 unspecified atom stereocenters. The van der Waals surface area contributed by atoms with E-state index >= 15 is 0 Å². The minimum atomic E-state index is -0.854. The summed E-state index contributed by atoms with van der Waals surface area (Å²) in [4.78, 5) is 0. The zero-order valence-electron chi connectivity index (χ0n) is 8.84. The van der Waals surface area contributed by atoms with E-state index in [-0.39, 0.29) is 17.7 Å². The van der Waals surface area contributed by atoms with Crippen molar-refractivity contribution in [3.63, 3.8) is 0 Å². The lowest BCUT2D eigenvalue weighted by atomic mass is 10.2. The van der Waals surface area contributed by atoms with Crippen molar-refractivity contribution in [2.75, 3.05) is 0 Å². The summed E-state index contributed by atoms with van der Waals surface area (Å²) in [5.74, 6) is -1.46. The molecule has 1 aromatic rings. The first kappa shape index (κ1) is 12.2. The fourth-order valence-corrected chi connectivity index (χ4v) is 1.20. The molecule has 0 saturated carbocycles.